The minimum absolute atomic E-state index is 0.961. The van der Waals surface area contributed by atoms with Crippen LogP contribution in [0.25, 0.3) is 55.0 Å². The summed E-state index contributed by atoms with van der Waals surface area (Å²) < 4.78 is 6.77. The van der Waals surface area contributed by atoms with Gasteiger partial charge >= 0.3 is 0 Å². The second-order valence-corrected chi connectivity index (χ2v) is 11.8. The van der Waals surface area contributed by atoms with Gasteiger partial charge < -0.3 is 9.13 Å². The Bertz CT molecular complexity index is 2000. The molecule has 8 aromatic rings. The zero-order valence-corrected chi connectivity index (χ0v) is 27.6. The highest BCUT2D eigenvalue weighted by molar-refractivity contribution is 14.1. The van der Waals surface area contributed by atoms with E-state index in [9.17, 15) is 0 Å². The standard InChI is InChI=1S/2C17H11IN2.C2H6/c2*18-15-6-3-5-13-11-19-17(10-14(13)15)20-9-8-12-4-1-2-7-16(12)20;1-2/h2*1-11H;1-2H3/i18-2;;. The molecule has 0 amide bonds. The van der Waals surface area contributed by atoms with E-state index in [1.807, 2.05) is 26.2 Å². The molecule has 0 N–H and O–H groups in total. The number of para-hydroxylation sites is 2. The molecule has 6 heteroatoms. The van der Waals surface area contributed by atoms with Crippen molar-refractivity contribution in [3.63, 3.8) is 0 Å². The summed E-state index contributed by atoms with van der Waals surface area (Å²) in [5.41, 5.74) is 2.37. The molecule has 4 heterocycles. The van der Waals surface area contributed by atoms with Crippen LogP contribution in [0.5, 0.6) is 0 Å². The molecule has 0 unspecified atom stereocenters. The molecule has 0 saturated carbocycles. The van der Waals surface area contributed by atoms with E-state index in [0.717, 1.165) is 11.6 Å². The maximum Gasteiger partial charge on any atom is 0.137 e. The first-order valence-electron chi connectivity index (χ1n) is 13.9. The van der Waals surface area contributed by atoms with Crippen molar-refractivity contribution in [2.75, 3.05) is 0 Å². The molecule has 0 radical (unpaired) electrons. The molecule has 0 aliphatic heterocycles. The van der Waals surface area contributed by atoms with E-state index >= 15 is 0 Å². The number of fused-ring (bicyclic) bond motifs is 4. The average Bonchev–Trinajstić information content (AvgIpc) is 3.68. The molecular formula is C36H28I2N4. The minimum atomic E-state index is 0.961. The molecule has 0 saturated heterocycles. The fourth-order valence-electron chi connectivity index (χ4n) is 5.07. The third-order valence-corrected chi connectivity index (χ3v) is 8.97. The van der Waals surface area contributed by atoms with Gasteiger partial charge in [-0.25, -0.2) is 9.97 Å². The number of aromatic nitrogens is 4. The Labute approximate surface area is 272 Å². The van der Waals surface area contributed by atoms with E-state index in [0.29, 0.717) is 0 Å². The van der Waals surface area contributed by atoms with Crippen LogP contribution in [0.1, 0.15) is 13.8 Å². The Morgan fingerprint density at radius 1 is 0.548 bits per heavy atom. The van der Waals surface area contributed by atoms with Gasteiger partial charge in [-0.3, -0.25) is 0 Å². The number of pyridine rings is 2. The van der Waals surface area contributed by atoms with E-state index in [4.69, 9.17) is 0 Å². The minimum Gasteiger partial charge on any atom is -0.301 e. The molecule has 4 aromatic carbocycles. The van der Waals surface area contributed by atoms with Gasteiger partial charge in [-0.2, -0.15) is 0 Å². The van der Waals surface area contributed by atoms with Crippen molar-refractivity contribution in [1.82, 2.24) is 19.1 Å². The lowest BCUT2D eigenvalue weighted by Crippen LogP contribution is -1.95. The van der Waals surface area contributed by atoms with Gasteiger partial charge in [0.15, 0.2) is 0 Å². The predicted molar refractivity (Wildman–Crippen MR) is 194 cm³/mol. The Hall–Kier alpha value is -3.76. The lowest BCUT2D eigenvalue weighted by molar-refractivity contribution is 1.05. The van der Waals surface area contributed by atoms with Gasteiger partial charge in [-0.1, -0.05) is 74.5 Å². The fourth-order valence-corrected chi connectivity index (χ4v) is 6.42. The zero-order chi connectivity index (χ0) is 29.1. The summed E-state index contributed by atoms with van der Waals surface area (Å²) in [6, 6.07) is 37.9. The third-order valence-electron chi connectivity index (χ3n) is 7.08. The van der Waals surface area contributed by atoms with Crippen molar-refractivity contribution in [3.8, 4) is 11.6 Å². The van der Waals surface area contributed by atoms with Gasteiger partial charge in [0.05, 0.1) is 11.0 Å². The summed E-state index contributed by atoms with van der Waals surface area (Å²) >= 11 is 4.75. The van der Waals surface area contributed by atoms with Crippen LogP contribution in [-0.2, 0) is 0 Å². The lowest BCUT2D eigenvalue weighted by atomic mass is 10.2. The molecule has 8 rings (SSSR count). The predicted octanol–water partition coefficient (Wildman–Crippen LogP) is 10.6. The van der Waals surface area contributed by atoms with Crippen molar-refractivity contribution in [2.45, 2.75) is 13.8 Å². The van der Waals surface area contributed by atoms with Crippen molar-refractivity contribution in [1.29, 1.82) is 0 Å². The van der Waals surface area contributed by atoms with E-state index in [-0.39, 0.29) is 0 Å². The molecule has 0 atom stereocenters. The molecule has 0 aliphatic carbocycles. The van der Waals surface area contributed by atoms with Gasteiger partial charge in [0.2, 0.25) is 0 Å². The first-order valence-corrected chi connectivity index (χ1v) is 16.0. The summed E-state index contributed by atoms with van der Waals surface area (Å²) in [4.78, 5) is 9.20. The summed E-state index contributed by atoms with van der Waals surface area (Å²) in [6.07, 6.45) is 8.05. The van der Waals surface area contributed by atoms with Gasteiger partial charge in [-0.15, -0.1) is 0 Å². The summed E-state index contributed by atoms with van der Waals surface area (Å²) in [6.45, 7) is 4.00. The van der Waals surface area contributed by atoms with Crippen molar-refractivity contribution >= 4 is 88.5 Å². The number of rotatable bonds is 2. The number of hydrogen-bond acceptors (Lipinski definition) is 2. The Balaban J connectivity index is 0.000000142. The topological polar surface area (TPSA) is 35.6 Å². The van der Waals surface area contributed by atoms with Gasteiger partial charge in [-0.05, 0) is 104 Å². The quantitative estimate of drug-likeness (QED) is 0.164. The monoisotopic (exact) mass is 768 g/mol. The largest absolute Gasteiger partial charge is 0.301 e. The second kappa shape index (κ2) is 12.6. The maximum absolute atomic E-state index is 4.60. The first kappa shape index (κ1) is 28.4. The number of benzene rings is 4. The molecule has 206 valence electrons. The van der Waals surface area contributed by atoms with Crippen molar-refractivity contribution in [2.24, 2.45) is 0 Å². The second-order valence-electron chi connectivity index (χ2n) is 9.50. The van der Waals surface area contributed by atoms with E-state index in [1.54, 1.807) is 0 Å². The summed E-state index contributed by atoms with van der Waals surface area (Å²) in [5.74, 6) is 1.92. The van der Waals surface area contributed by atoms with Crippen LogP contribution in [0, 0.1) is 7.14 Å². The molecule has 42 heavy (non-hydrogen) atoms. The zero-order valence-electron chi connectivity index (χ0n) is 23.2. The van der Waals surface area contributed by atoms with Crippen LogP contribution in [0.2, 0.25) is 0 Å². The first-order chi connectivity index (χ1) is 20.7. The van der Waals surface area contributed by atoms with Crippen molar-refractivity contribution in [3.05, 3.63) is 141 Å². The van der Waals surface area contributed by atoms with Gasteiger partial charge in [0.1, 0.15) is 11.6 Å². The van der Waals surface area contributed by atoms with Crippen LogP contribution < -0.4 is 0 Å². The Morgan fingerprint density at radius 3 is 1.62 bits per heavy atom. The van der Waals surface area contributed by atoms with E-state index < -0.39 is 0 Å². The van der Waals surface area contributed by atoms with Crippen LogP contribution in [-0.4, -0.2) is 19.1 Å². The molecule has 4 aromatic heterocycles. The van der Waals surface area contributed by atoms with Gasteiger partial charge in [0.25, 0.3) is 0 Å². The number of halogens is 2. The van der Waals surface area contributed by atoms with Crippen LogP contribution >= 0.6 is 45.2 Å². The fraction of sp³-hybridized carbons (Fsp3) is 0.0556. The summed E-state index contributed by atoms with van der Waals surface area (Å²) in [5, 5.41) is 7.32. The maximum atomic E-state index is 4.60. The lowest BCUT2D eigenvalue weighted by Gasteiger charge is -2.07. The van der Waals surface area contributed by atoms with Crippen LogP contribution in [0.15, 0.2) is 134 Å². The van der Waals surface area contributed by atoms with Gasteiger partial charge in [0, 0.05) is 53.5 Å². The molecule has 0 bridgehead atoms. The molecule has 4 nitrogen and oxygen atoms in total. The highest BCUT2D eigenvalue weighted by Crippen LogP contribution is 2.26. The molecular weight excluding hydrogens is 740 g/mol. The highest BCUT2D eigenvalue weighted by Gasteiger charge is 2.07. The highest BCUT2D eigenvalue weighted by atomic mass is 127. The smallest absolute Gasteiger partial charge is 0.137 e. The van der Waals surface area contributed by atoms with E-state index in [2.05, 4.69) is 186 Å². The average molecular weight is 768 g/mol. The van der Waals surface area contributed by atoms with Crippen molar-refractivity contribution < 1.29 is 0 Å². The normalized spacial score (nSPS) is 10.9. The van der Waals surface area contributed by atoms with Crippen LogP contribution in [0.4, 0.5) is 0 Å². The molecule has 0 fully saturated rings. The Morgan fingerprint density at radius 2 is 1.02 bits per heavy atom. The SMILES string of the molecule is CC.Ic1cccc2cnc(-n3ccc4ccccc43)cc12.[125I]c1cccc2cnc(-n3ccc4ccccc43)cc12. The number of hydrogen-bond donors (Lipinski definition) is 0. The Kier molecular flexibility index (Phi) is 8.53. The number of nitrogens with zero attached hydrogens (tertiary/aromatic N) is 4. The van der Waals surface area contributed by atoms with E-state index in [1.165, 1.54) is 50.5 Å². The third kappa shape index (κ3) is 5.53. The molecule has 0 aliphatic rings. The van der Waals surface area contributed by atoms with Crippen LogP contribution in [0.3, 0.4) is 0 Å². The molecule has 0 spiro atoms. The summed E-state index contributed by atoms with van der Waals surface area (Å²) in [7, 11) is 0.